The van der Waals surface area contributed by atoms with E-state index in [0.717, 1.165) is 11.1 Å². The number of hydrogen-bond acceptors (Lipinski definition) is 3. The van der Waals surface area contributed by atoms with Crippen LogP contribution in [0.4, 0.5) is 10.5 Å². The number of aliphatic hydroxyl groups excluding tert-OH is 1. The second kappa shape index (κ2) is 8.57. The largest absolute Gasteiger partial charge is 0.388 e. The Bertz CT molecular complexity index is 663. The highest BCUT2D eigenvalue weighted by Crippen LogP contribution is 2.15. The molecule has 0 spiro atoms. The van der Waals surface area contributed by atoms with E-state index >= 15 is 0 Å². The zero-order valence-corrected chi connectivity index (χ0v) is 12.7. The molecule has 0 aromatic heterocycles. The van der Waals surface area contributed by atoms with Gasteiger partial charge in [0.25, 0.3) is 0 Å². The van der Waals surface area contributed by atoms with Gasteiger partial charge in [0.05, 0.1) is 18.6 Å². The molecule has 0 radical (unpaired) electrons. The summed E-state index contributed by atoms with van der Waals surface area (Å²) in [6.45, 7) is 0.369. The van der Waals surface area contributed by atoms with Gasteiger partial charge in [0, 0.05) is 12.2 Å². The van der Waals surface area contributed by atoms with Crippen LogP contribution >= 0.6 is 0 Å². The molecule has 118 valence electrons. The van der Waals surface area contributed by atoms with Crippen molar-refractivity contribution < 1.29 is 9.90 Å². The number of nitriles is 1. The van der Waals surface area contributed by atoms with Gasteiger partial charge in [-0.1, -0.05) is 42.5 Å². The van der Waals surface area contributed by atoms with E-state index in [1.165, 1.54) is 0 Å². The SMILES string of the molecule is N#CCc1ccc(NC(=O)NCCC(O)c2ccccc2)cc1. The van der Waals surface area contributed by atoms with Crippen molar-refractivity contribution in [2.75, 3.05) is 11.9 Å². The molecule has 0 saturated carbocycles. The van der Waals surface area contributed by atoms with Gasteiger partial charge in [0.2, 0.25) is 0 Å². The fourth-order valence-electron chi connectivity index (χ4n) is 2.14. The maximum absolute atomic E-state index is 11.8. The van der Waals surface area contributed by atoms with Crippen LogP contribution in [-0.4, -0.2) is 17.7 Å². The molecule has 1 atom stereocenters. The Balaban J connectivity index is 1.74. The summed E-state index contributed by atoms with van der Waals surface area (Å²) < 4.78 is 0. The van der Waals surface area contributed by atoms with E-state index in [-0.39, 0.29) is 6.03 Å². The van der Waals surface area contributed by atoms with Gasteiger partial charge in [-0.3, -0.25) is 0 Å². The first-order valence-electron chi connectivity index (χ1n) is 7.43. The first kappa shape index (κ1) is 16.5. The predicted molar refractivity (Wildman–Crippen MR) is 88.8 cm³/mol. The van der Waals surface area contributed by atoms with Crippen LogP contribution < -0.4 is 10.6 Å². The lowest BCUT2D eigenvalue weighted by Crippen LogP contribution is -2.30. The molecule has 2 aromatic rings. The fourth-order valence-corrected chi connectivity index (χ4v) is 2.14. The van der Waals surface area contributed by atoms with Crippen molar-refractivity contribution in [1.82, 2.24) is 5.32 Å². The van der Waals surface area contributed by atoms with Crippen molar-refractivity contribution in [3.05, 3.63) is 65.7 Å². The van der Waals surface area contributed by atoms with E-state index in [0.29, 0.717) is 25.1 Å². The number of aliphatic hydroxyl groups is 1. The molecule has 23 heavy (non-hydrogen) atoms. The molecule has 2 amide bonds. The number of anilines is 1. The van der Waals surface area contributed by atoms with E-state index in [1.807, 2.05) is 30.3 Å². The first-order valence-corrected chi connectivity index (χ1v) is 7.43. The molecule has 0 fully saturated rings. The maximum atomic E-state index is 11.8. The van der Waals surface area contributed by atoms with Gasteiger partial charge in [0.1, 0.15) is 0 Å². The Morgan fingerprint density at radius 2 is 1.83 bits per heavy atom. The van der Waals surface area contributed by atoms with Gasteiger partial charge < -0.3 is 15.7 Å². The summed E-state index contributed by atoms with van der Waals surface area (Å²) in [7, 11) is 0. The molecule has 1 unspecified atom stereocenters. The lowest BCUT2D eigenvalue weighted by molar-refractivity contribution is 0.167. The Labute approximate surface area is 135 Å². The van der Waals surface area contributed by atoms with Crippen LogP contribution in [0.5, 0.6) is 0 Å². The molecule has 0 aliphatic carbocycles. The molecule has 0 heterocycles. The number of amides is 2. The van der Waals surface area contributed by atoms with E-state index in [4.69, 9.17) is 5.26 Å². The highest BCUT2D eigenvalue weighted by atomic mass is 16.3. The summed E-state index contributed by atoms with van der Waals surface area (Å²) in [4.78, 5) is 11.8. The van der Waals surface area contributed by atoms with Gasteiger partial charge in [0.15, 0.2) is 0 Å². The number of carbonyl (C=O) groups excluding carboxylic acids is 1. The number of nitrogens with zero attached hydrogens (tertiary/aromatic N) is 1. The number of carbonyl (C=O) groups is 1. The molecule has 5 nitrogen and oxygen atoms in total. The average Bonchev–Trinajstić information content (AvgIpc) is 2.57. The first-order chi connectivity index (χ1) is 11.2. The van der Waals surface area contributed by atoms with E-state index in [2.05, 4.69) is 16.7 Å². The number of hydrogen-bond donors (Lipinski definition) is 3. The highest BCUT2D eigenvalue weighted by Gasteiger charge is 2.07. The highest BCUT2D eigenvalue weighted by molar-refractivity contribution is 5.89. The minimum atomic E-state index is -0.596. The fraction of sp³-hybridized carbons (Fsp3) is 0.222. The van der Waals surface area contributed by atoms with Crippen LogP contribution in [0.2, 0.25) is 0 Å². The smallest absolute Gasteiger partial charge is 0.319 e. The van der Waals surface area contributed by atoms with Crippen molar-refractivity contribution in [1.29, 1.82) is 5.26 Å². The molecule has 0 bridgehead atoms. The second-order valence-electron chi connectivity index (χ2n) is 5.13. The summed E-state index contributed by atoms with van der Waals surface area (Å²) in [5.41, 5.74) is 2.40. The summed E-state index contributed by atoms with van der Waals surface area (Å²) in [5.74, 6) is 0. The zero-order valence-electron chi connectivity index (χ0n) is 12.7. The number of benzene rings is 2. The second-order valence-corrected chi connectivity index (χ2v) is 5.13. The van der Waals surface area contributed by atoms with Gasteiger partial charge in [-0.2, -0.15) is 5.26 Å². The molecule has 3 N–H and O–H groups in total. The third-order valence-electron chi connectivity index (χ3n) is 3.38. The van der Waals surface area contributed by atoms with Gasteiger partial charge in [-0.05, 0) is 29.7 Å². The van der Waals surface area contributed by atoms with Crippen molar-refractivity contribution in [3.8, 4) is 6.07 Å². The average molecular weight is 309 g/mol. The van der Waals surface area contributed by atoms with Crippen molar-refractivity contribution >= 4 is 11.7 Å². The lowest BCUT2D eigenvalue weighted by Gasteiger charge is -2.12. The molecule has 0 aliphatic rings. The summed E-state index contributed by atoms with van der Waals surface area (Å²) >= 11 is 0. The van der Waals surface area contributed by atoms with Crippen LogP contribution in [0.3, 0.4) is 0 Å². The summed E-state index contributed by atoms with van der Waals surface area (Å²) in [6.07, 6.45) is 0.198. The summed E-state index contributed by atoms with van der Waals surface area (Å²) in [6, 6.07) is 18.2. The third-order valence-corrected chi connectivity index (χ3v) is 3.38. The van der Waals surface area contributed by atoms with Crippen LogP contribution in [-0.2, 0) is 6.42 Å². The third kappa shape index (κ3) is 5.46. The Morgan fingerprint density at radius 1 is 1.13 bits per heavy atom. The Morgan fingerprint density at radius 3 is 2.48 bits per heavy atom. The number of rotatable bonds is 6. The molecular weight excluding hydrogens is 290 g/mol. The number of urea groups is 1. The molecule has 5 heteroatoms. The maximum Gasteiger partial charge on any atom is 0.319 e. The predicted octanol–water partition coefficient (Wildman–Crippen LogP) is 3.00. The molecule has 0 saturated heterocycles. The van der Waals surface area contributed by atoms with E-state index in [9.17, 15) is 9.90 Å². The van der Waals surface area contributed by atoms with Crippen LogP contribution in [0.1, 0.15) is 23.7 Å². The molecule has 0 aliphatic heterocycles. The van der Waals surface area contributed by atoms with Gasteiger partial charge >= 0.3 is 6.03 Å². The van der Waals surface area contributed by atoms with Crippen LogP contribution in [0.25, 0.3) is 0 Å². The molecule has 2 rings (SSSR count). The number of nitrogens with one attached hydrogen (secondary N) is 2. The van der Waals surface area contributed by atoms with Gasteiger partial charge in [-0.25, -0.2) is 4.79 Å². The summed E-state index contributed by atoms with van der Waals surface area (Å²) in [5, 5.41) is 24.0. The Hall–Kier alpha value is -2.84. The van der Waals surface area contributed by atoms with Gasteiger partial charge in [-0.15, -0.1) is 0 Å². The standard InChI is InChI=1S/C18H19N3O2/c19-12-10-14-6-8-16(9-7-14)21-18(23)20-13-11-17(22)15-4-2-1-3-5-15/h1-9,17,22H,10-11,13H2,(H2,20,21,23). The minimum absolute atomic E-state index is 0.321. The quantitative estimate of drug-likeness (QED) is 0.767. The van der Waals surface area contributed by atoms with Crippen LogP contribution in [0, 0.1) is 11.3 Å². The topological polar surface area (TPSA) is 85.2 Å². The van der Waals surface area contributed by atoms with Crippen molar-refractivity contribution in [2.45, 2.75) is 18.9 Å². The van der Waals surface area contributed by atoms with Crippen molar-refractivity contribution in [3.63, 3.8) is 0 Å². The zero-order chi connectivity index (χ0) is 16.5. The lowest BCUT2D eigenvalue weighted by atomic mass is 10.1. The molecular formula is C18H19N3O2. The van der Waals surface area contributed by atoms with Crippen molar-refractivity contribution in [2.24, 2.45) is 0 Å². The van der Waals surface area contributed by atoms with E-state index < -0.39 is 6.10 Å². The Kier molecular flexibility index (Phi) is 6.16. The monoisotopic (exact) mass is 309 g/mol. The van der Waals surface area contributed by atoms with E-state index in [1.54, 1.807) is 24.3 Å². The molecule has 2 aromatic carbocycles. The van der Waals surface area contributed by atoms with Crippen LogP contribution in [0.15, 0.2) is 54.6 Å². The normalized spacial score (nSPS) is 11.3. The minimum Gasteiger partial charge on any atom is -0.388 e.